The number of rotatable bonds is 4. The molecule has 2 saturated heterocycles. The highest BCUT2D eigenvalue weighted by molar-refractivity contribution is 6.84. The lowest BCUT2D eigenvalue weighted by Gasteiger charge is -2.51. The lowest BCUT2D eigenvalue weighted by atomic mass is 10.1. The zero-order valence-electron chi connectivity index (χ0n) is 23.3. The summed E-state index contributed by atoms with van der Waals surface area (Å²) in [5.41, 5.74) is 9.00. The maximum Gasteiger partial charge on any atom is 0.335 e. The van der Waals surface area contributed by atoms with Gasteiger partial charge in [-0.15, -0.1) is 5.10 Å². The summed E-state index contributed by atoms with van der Waals surface area (Å²) in [5, 5.41) is 8.74. The normalized spacial score (nSPS) is 27.9. The number of nitrogens with zero attached hydrogens (tertiary/aromatic N) is 7. The van der Waals surface area contributed by atoms with E-state index in [1.165, 1.54) is 6.33 Å². The highest BCUT2D eigenvalue weighted by atomic mass is 28.5. The topological polar surface area (TPSA) is 137 Å². The highest BCUT2D eigenvalue weighted by Crippen LogP contribution is 2.53. The number of hydrogen-bond donors (Lipinski definition) is 1. The van der Waals surface area contributed by atoms with E-state index in [1.54, 1.807) is 6.20 Å². The third-order valence-corrected chi connectivity index (χ3v) is 18.7. The largest absolute Gasteiger partial charge is 0.414 e. The molecule has 14 heteroatoms. The van der Waals surface area contributed by atoms with Gasteiger partial charge in [0.15, 0.2) is 29.0 Å². The number of aromatic nitrogens is 7. The predicted octanol–water partition coefficient (Wildman–Crippen LogP) is 4.08. The highest BCUT2D eigenvalue weighted by Gasteiger charge is 2.63. The third-order valence-electron chi connectivity index (χ3n) is 8.49. The van der Waals surface area contributed by atoms with Crippen LogP contribution in [0.2, 0.25) is 22.2 Å². The molecule has 3 aliphatic heterocycles. The fourth-order valence-electron chi connectivity index (χ4n) is 6.58. The molecule has 3 aliphatic rings. The monoisotopic (exact) mass is 558 g/mol. The molecule has 2 fully saturated rings. The summed E-state index contributed by atoms with van der Waals surface area (Å²) in [7, 11) is -5.55. The van der Waals surface area contributed by atoms with E-state index in [9.17, 15) is 0 Å². The smallest absolute Gasteiger partial charge is 0.335 e. The predicted molar refractivity (Wildman–Crippen MR) is 146 cm³/mol. The van der Waals surface area contributed by atoms with Crippen LogP contribution in [-0.4, -0.2) is 70.4 Å². The van der Waals surface area contributed by atoms with Crippen molar-refractivity contribution in [1.29, 1.82) is 0 Å². The molecule has 0 aromatic carbocycles. The standard InChI is InChI=1S/C24H38N8O4Si2/c1-12(2)37(13(3)4)33-10-17-20(35-38(36-37,14(5)6)15(7)8)19-24(34-17)31-22(16-9-28-30-32(16)19)29-18-21(25)26-11-27-23(18)31/h9,11-15,17,19-20,24H,10H2,1-8H3,(H2,25,26,27)/t17-,19+,20-,24-/m1/s1. The molecular formula is C24H38N8O4Si2. The number of imidazole rings is 1. The zero-order chi connectivity index (χ0) is 27.1. The van der Waals surface area contributed by atoms with E-state index < -0.39 is 23.3 Å². The first-order valence-electron chi connectivity index (χ1n) is 13.6. The Morgan fingerprint density at radius 1 is 0.974 bits per heavy atom. The Morgan fingerprint density at radius 2 is 1.66 bits per heavy atom. The summed E-state index contributed by atoms with van der Waals surface area (Å²) < 4.78 is 32.4. The molecule has 3 aromatic heterocycles. The zero-order valence-corrected chi connectivity index (χ0v) is 25.3. The average molecular weight is 559 g/mol. The lowest BCUT2D eigenvalue weighted by molar-refractivity contribution is -0.0549. The summed E-state index contributed by atoms with van der Waals surface area (Å²) >= 11 is 0. The fraction of sp³-hybridized carbons (Fsp3) is 0.708. The van der Waals surface area contributed by atoms with Crippen LogP contribution >= 0.6 is 0 Å². The van der Waals surface area contributed by atoms with Crippen LogP contribution in [0, 0.1) is 0 Å². The van der Waals surface area contributed by atoms with Crippen molar-refractivity contribution in [2.75, 3.05) is 12.3 Å². The molecule has 0 radical (unpaired) electrons. The van der Waals surface area contributed by atoms with Gasteiger partial charge in [0.25, 0.3) is 0 Å². The van der Waals surface area contributed by atoms with E-state index >= 15 is 0 Å². The summed E-state index contributed by atoms with van der Waals surface area (Å²) in [4.78, 5) is 13.5. The van der Waals surface area contributed by atoms with Gasteiger partial charge in [-0.3, -0.25) is 4.57 Å². The molecule has 0 unspecified atom stereocenters. The van der Waals surface area contributed by atoms with Gasteiger partial charge in [0.1, 0.15) is 30.3 Å². The van der Waals surface area contributed by atoms with E-state index in [4.69, 9.17) is 28.4 Å². The van der Waals surface area contributed by atoms with Gasteiger partial charge in [0.2, 0.25) is 0 Å². The Bertz CT molecular complexity index is 1340. The first-order chi connectivity index (χ1) is 18.0. The Hall–Kier alpha value is -2.24. The Kier molecular flexibility index (Phi) is 6.09. The fourth-order valence-corrected chi connectivity index (χ4v) is 17.8. The number of hydrogen-bond acceptors (Lipinski definition) is 10. The molecule has 0 saturated carbocycles. The minimum atomic E-state index is -2.86. The van der Waals surface area contributed by atoms with Crippen LogP contribution in [0.1, 0.15) is 67.7 Å². The van der Waals surface area contributed by atoms with E-state index in [0.717, 1.165) is 5.69 Å². The molecule has 0 amide bonds. The van der Waals surface area contributed by atoms with Crippen LogP contribution in [-0.2, 0) is 17.7 Å². The van der Waals surface area contributed by atoms with Gasteiger partial charge < -0.3 is 23.4 Å². The quantitative estimate of drug-likeness (QED) is 0.466. The summed E-state index contributed by atoms with van der Waals surface area (Å²) in [5.74, 6) is 0.967. The molecule has 12 nitrogen and oxygen atoms in total. The van der Waals surface area contributed by atoms with Gasteiger partial charge in [-0.25, -0.2) is 19.6 Å². The van der Waals surface area contributed by atoms with Crippen molar-refractivity contribution in [1.82, 2.24) is 34.5 Å². The van der Waals surface area contributed by atoms with Crippen LogP contribution in [0.5, 0.6) is 0 Å². The van der Waals surface area contributed by atoms with Crippen LogP contribution in [0.4, 0.5) is 5.82 Å². The van der Waals surface area contributed by atoms with Crippen LogP contribution in [0.25, 0.3) is 22.7 Å². The number of ether oxygens (including phenoxy) is 1. The molecule has 206 valence electrons. The second-order valence-electron chi connectivity index (χ2n) is 11.9. The first-order valence-corrected chi connectivity index (χ1v) is 17.5. The summed E-state index contributed by atoms with van der Waals surface area (Å²) in [6.07, 6.45) is 2.01. The molecule has 0 bridgehead atoms. The molecule has 4 atom stereocenters. The minimum absolute atomic E-state index is 0.198. The van der Waals surface area contributed by atoms with Gasteiger partial charge in [-0.05, 0) is 22.2 Å². The van der Waals surface area contributed by atoms with E-state index in [-0.39, 0.29) is 40.4 Å². The van der Waals surface area contributed by atoms with Crippen molar-refractivity contribution in [3.63, 3.8) is 0 Å². The first kappa shape index (κ1) is 26.0. The number of nitrogens with two attached hydrogens (primary N) is 1. The van der Waals surface area contributed by atoms with Crippen molar-refractivity contribution in [2.24, 2.45) is 0 Å². The minimum Gasteiger partial charge on any atom is -0.414 e. The van der Waals surface area contributed by atoms with Crippen LogP contribution in [0.3, 0.4) is 0 Å². The Labute approximate surface area is 224 Å². The number of anilines is 1. The molecule has 0 aliphatic carbocycles. The Morgan fingerprint density at radius 3 is 2.32 bits per heavy atom. The molecule has 38 heavy (non-hydrogen) atoms. The second kappa shape index (κ2) is 8.89. The van der Waals surface area contributed by atoms with Crippen LogP contribution in [0.15, 0.2) is 12.5 Å². The molecule has 6 heterocycles. The van der Waals surface area contributed by atoms with Gasteiger partial charge in [-0.1, -0.05) is 60.6 Å². The van der Waals surface area contributed by atoms with E-state index in [2.05, 4.69) is 75.7 Å². The van der Waals surface area contributed by atoms with Gasteiger partial charge >= 0.3 is 17.1 Å². The molecule has 0 spiro atoms. The van der Waals surface area contributed by atoms with E-state index in [0.29, 0.717) is 29.4 Å². The average Bonchev–Trinajstić information content (AvgIpc) is 3.54. The molecular weight excluding hydrogens is 520 g/mol. The third kappa shape index (κ3) is 3.43. The molecule has 6 rings (SSSR count). The van der Waals surface area contributed by atoms with Crippen molar-refractivity contribution in [3.8, 4) is 11.5 Å². The van der Waals surface area contributed by atoms with Crippen LogP contribution < -0.4 is 5.73 Å². The van der Waals surface area contributed by atoms with Crippen molar-refractivity contribution in [2.45, 2.75) is 102 Å². The lowest BCUT2D eigenvalue weighted by Crippen LogP contribution is -2.65. The van der Waals surface area contributed by atoms with Crippen molar-refractivity contribution in [3.05, 3.63) is 12.5 Å². The number of fused-ring (bicyclic) bond motifs is 10. The summed E-state index contributed by atoms with van der Waals surface area (Å²) in [6.45, 7) is 18.1. The second-order valence-corrected chi connectivity index (χ2v) is 20.8. The van der Waals surface area contributed by atoms with Gasteiger partial charge in [0.05, 0.1) is 12.8 Å². The molecule has 3 aromatic rings. The van der Waals surface area contributed by atoms with Crippen molar-refractivity contribution >= 4 is 34.1 Å². The maximum atomic E-state index is 7.39. The SMILES string of the molecule is CC(C)[Si]1(C(C)C)OC[C@H]2O[C@@H]3[C@H]([C@@H]2O[Si](C(C)C)(C(C)C)O1)n1nncc1-c1nc2c(N)ncnc2n13. The summed E-state index contributed by atoms with van der Waals surface area (Å²) in [6, 6.07) is -0.303. The Balaban J connectivity index is 1.53. The maximum absolute atomic E-state index is 7.39. The van der Waals surface area contributed by atoms with Crippen molar-refractivity contribution < 1.29 is 17.7 Å². The van der Waals surface area contributed by atoms with Gasteiger partial charge in [0, 0.05) is 0 Å². The van der Waals surface area contributed by atoms with E-state index in [1.807, 2.05) is 9.25 Å². The van der Waals surface area contributed by atoms with Gasteiger partial charge in [-0.2, -0.15) is 0 Å². The number of nitrogen functional groups attached to an aromatic ring is 1. The molecule has 2 N–H and O–H groups in total.